The van der Waals surface area contributed by atoms with Crippen LogP contribution < -0.4 is 0 Å². The predicted molar refractivity (Wildman–Crippen MR) is 138 cm³/mol. The van der Waals surface area contributed by atoms with Crippen LogP contribution in [0, 0.1) is 52.3 Å². The summed E-state index contributed by atoms with van der Waals surface area (Å²) in [6, 6.07) is 0. The van der Waals surface area contributed by atoms with Gasteiger partial charge in [0.15, 0.2) is 0 Å². The molecule has 178 valence electrons. The zero-order chi connectivity index (χ0) is 22.1. The van der Waals surface area contributed by atoms with Crippen LogP contribution in [0.25, 0.3) is 0 Å². The smallest absolute Gasteiger partial charge is 0 e. The number of allylic oxidation sites excluding steroid dienone is 2. The van der Waals surface area contributed by atoms with E-state index in [-0.39, 0.29) is 2.85 Å². The Hall–Kier alpha value is -0.260. The van der Waals surface area contributed by atoms with Gasteiger partial charge in [-0.3, -0.25) is 0 Å². The predicted octanol–water partition coefficient (Wildman–Crippen LogP) is 10.2. The monoisotopic (exact) mass is 418 g/mol. The minimum Gasteiger partial charge on any atom is -0.0845 e. The molecule has 0 nitrogen and oxygen atoms in total. The van der Waals surface area contributed by atoms with Crippen LogP contribution >= 0.6 is 0 Å². The molecule has 0 saturated heterocycles. The minimum absolute atomic E-state index is 0. The van der Waals surface area contributed by atoms with Gasteiger partial charge in [0.25, 0.3) is 0 Å². The molecule has 0 aliphatic heterocycles. The van der Waals surface area contributed by atoms with E-state index in [1.165, 1.54) is 70.6 Å². The quantitative estimate of drug-likeness (QED) is 0.389. The van der Waals surface area contributed by atoms with Crippen molar-refractivity contribution in [2.45, 2.75) is 126 Å². The largest absolute Gasteiger partial charge is 0.0845 e. The normalized spacial score (nSPS) is 43.6. The maximum absolute atomic E-state index is 2.75. The Morgan fingerprint density at radius 3 is 2.40 bits per heavy atom. The summed E-state index contributed by atoms with van der Waals surface area (Å²) in [4.78, 5) is 0. The Kier molecular flexibility index (Phi) is 7.89. The van der Waals surface area contributed by atoms with Gasteiger partial charge < -0.3 is 0 Å². The van der Waals surface area contributed by atoms with Gasteiger partial charge in [-0.2, -0.15) is 0 Å². The molecule has 4 rings (SSSR count). The molecule has 3 saturated carbocycles. The van der Waals surface area contributed by atoms with Crippen molar-refractivity contribution >= 4 is 0 Å². The highest BCUT2D eigenvalue weighted by molar-refractivity contribution is 5.25. The van der Waals surface area contributed by atoms with Gasteiger partial charge in [0.2, 0.25) is 0 Å². The summed E-state index contributed by atoms with van der Waals surface area (Å²) in [6.07, 6.45) is 19.0. The molecule has 0 aromatic heterocycles. The van der Waals surface area contributed by atoms with Crippen molar-refractivity contribution in [1.29, 1.82) is 0 Å². The lowest BCUT2D eigenvalue weighted by Crippen LogP contribution is -2.50. The Morgan fingerprint density at radius 1 is 0.967 bits per heavy atom. The van der Waals surface area contributed by atoms with Crippen LogP contribution in [0.2, 0.25) is 0 Å². The summed E-state index contributed by atoms with van der Waals surface area (Å²) in [5.74, 6) is 6.73. The Balaban J connectivity index is 0.00000125. The molecule has 0 heteroatoms. The highest BCUT2D eigenvalue weighted by atomic mass is 14.6. The SMILES string of the molecule is CC.CC(C)CCC[C@@H](C)[C@H]1CCC2[C@@H]3CC=C4CC(C)CC[C@]4(C)C3CC[C@@]21C.[HH].[HH]. The van der Waals surface area contributed by atoms with Crippen LogP contribution in [0.5, 0.6) is 0 Å². The average molecular weight is 419 g/mol. The summed E-state index contributed by atoms with van der Waals surface area (Å²) >= 11 is 0. The van der Waals surface area contributed by atoms with Crippen LogP contribution in [0.1, 0.15) is 129 Å². The van der Waals surface area contributed by atoms with Crippen LogP contribution in [0.15, 0.2) is 11.6 Å². The van der Waals surface area contributed by atoms with Gasteiger partial charge in [-0.25, -0.2) is 0 Å². The Labute approximate surface area is 193 Å². The van der Waals surface area contributed by atoms with Crippen molar-refractivity contribution in [3.63, 3.8) is 0 Å². The van der Waals surface area contributed by atoms with Crippen molar-refractivity contribution in [2.75, 3.05) is 0 Å². The Morgan fingerprint density at radius 2 is 1.70 bits per heavy atom. The third-order valence-electron chi connectivity index (χ3n) is 10.6. The fourth-order valence-corrected chi connectivity index (χ4v) is 8.87. The van der Waals surface area contributed by atoms with Gasteiger partial charge >= 0.3 is 0 Å². The van der Waals surface area contributed by atoms with Gasteiger partial charge in [0.1, 0.15) is 0 Å². The summed E-state index contributed by atoms with van der Waals surface area (Å²) in [5, 5.41) is 0. The molecular weight excluding hydrogens is 360 g/mol. The van der Waals surface area contributed by atoms with Crippen molar-refractivity contribution in [1.82, 2.24) is 0 Å². The summed E-state index contributed by atoms with van der Waals surface area (Å²) in [7, 11) is 0. The maximum atomic E-state index is 2.75. The molecule has 0 radical (unpaired) electrons. The topological polar surface area (TPSA) is 0 Å². The minimum atomic E-state index is 0. The second-order valence-corrected chi connectivity index (χ2v) is 12.6. The maximum Gasteiger partial charge on any atom is 0 e. The molecule has 0 amide bonds. The zero-order valence-electron chi connectivity index (χ0n) is 21.9. The van der Waals surface area contributed by atoms with Gasteiger partial charge in [0.05, 0.1) is 0 Å². The van der Waals surface area contributed by atoms with E-state index in [2.05, 4.69) is 47.6 Å². The molecule has 0 aromatic carbocycles. The van der Waals surface area contributed by atoms with E-state index in [4.69, 9.17) is 0 Å². The fourth-order valence-electron chi connectivity index (χ4n) is 8.87. The van der Waals surface area contributed by atoms with E-state index in [1.54, 1.807) is 0 Å². The highest BCUT2D eigenvalue weighted by Crippen LogP contribution is 2.67. The summed E-state index contributed by atoms with van der Waals surface area (Å²) < 4.78 is 0. The van der Waals surface area contributed by atoms with Crippen molar-refractivity contribution in [3.05, 3.63) is 11.6 Å². The third kappa shape index (κ3) is 4.32. The van der Waals surface area contributed by atoms with E-state index < -0.39 is 0 Å². The van der Waals surface area contributed by atoms with Crippen molar-refractivity contribution in [3.8, 4) is 0 Å². The van der Waals surface area contributed by atoms with Gasteiger partial charge in [-0.15, -0.1) is 0 Å². The zero-order valence-corrected chi connectivity index (χ0v) is 21.9. The first-order chi connectivity index (χ1) is 14.3. The molecule has 0 heterocycles. The molecule has 8 atom stereocenters. The molecule has 0 spiro atoms. The first-order valence-electron chi connectivity index (χ1n) is 13.9. The number of hydrogen-bond acceptors (Lipinski definition) is 0. The second kappa shape index (κ2) is 9.70. The standard InChI is InChI=1S/C28H48.C2H6.2H2/c1-19(2)8-7-9-21(4)24-12-13-25-23-11-10-22-18-20(3)14-16-27(22,5)26(23)15-17-28(24,25)6;1-2;;/h10,19-21,23-26H,7-9,11-18H2,1-6H3;1-2H3;2*1H/t20?,21-,23+,24-,25?,26?,27+,28-;;;/m1.../s1. The number of hydrogen-bond donors (Lipinski definition) is 0. The third-order valence-corrected chi connectivity index (χ3v) is 10.6. The van der Waals surface area contributed by atoms with Gasteiger partial charge in [-0.05, 0) is 104 Å². The van der Waals surface area contributed by atoms with Crippen LogP contribution in [0.3, 0.4) is 0 Å². The van der Waals surface area contributed by atoms with E-state index in [0.717, 1.165) is 41.4 Å². The molecule has 3 unspecified atom stereocenters. The van der Waals surface area contributed by atoms with Gasteiger partial charge in [-0.1, -0.05) is 86.3 Å². The van der Waals surface area contributed by atoms with Crippen LogP contribution in [-0.2, 0) is 0 Å². The van der Waals surface area contributed by atoms with E-state index >= 15 is 0 Å². The summed E-state index contributed by atoms with van der Waals surface area (Å²) in [5.41, 5.74) is 3.06. The Bertz CT molecular complexity index is 596. The number of fused-ring (bicyclic) bond motifs is 5. The second-order valence-electron chi connectivity index (χ2n) is 12.6. The molecule has 4 aliphatic carbocycles. The van der Waals surface area contributed by atoms with E-state index in [0.29, 0.717) is 10.8 Å². The molecular formula is C30H58. The lowest BCUT2D eigenvalue weighted by molar-refractivity contribution is -0.0523. The summed E-state index contributed by atoms with van der Waals surface area (Å²) in [6.45, 7) is 19.3. The van der Waals surface area contributed by atoms with Crippen LogP contribution in [-0.4, -0.2) is 0 Å². The van der Waals surface area contributed by atoms with Gasteiger partial charge in [0, 0.05) is 2.85 Å². The molecule has 3 fully saturated rings. The molecule has 30 heavy (non-hydrogen) atoms. The molecule has 4 aliphatic rings. The average Bonchev–Trinajstić information content (AvgIpc) is 3.07. The fraction of sp³-hybridized carbons (Fsp3) is 0.933. The molecule has 0 aromatic rings. The first-order valence-corrected chi connectivity index (χ1v) is 13.9. The first kappa shape index (κ1) is 24.4. The molecule has 0 N–H and O–H groups in total. The number of rotatable bonds is 5. The van der Waals surface area contributed by atoms with E-state index in [9.17, 15) is 0 Å². The lowest BCUT2D eigenvalue weighted by Gasteiger charge is -2.58. The van der Waals surface area contributed by atoms with E-state index in [1.807, 2.05) is 19.4 Å². The molecule has 0 bridgehead atoms. The lowest BCUT2D eigenvalue weighted by atomic mass is 9.46. The highest BCUT2D eigenvalue weighted by Gasteiger charge is 2.58. The van der Waals surface area contributed by atoms with Crippen molar-refractivity contribution in [2.24, 2.45) is 52.3 Å². The van der Waals surface area contributed by atoms with Crippen LogP contribution in [0.4, 0.5) is 0 Å². The van der Waals surface area contributed by atoms with Crippen molar-refractivity contribution < 1.29 is 2.85 Å².